The number of benzene rings is 2. The maximum Gasteiger partial charge on any atom is 0.308 e. The van der Waals surface area contributed by atoms with E-state index in [1.54, 1.807) is 36.1 Å². The Morgan fingerprint density at radius 1 is 1.12 bits per heavy atom. The SMILES string of the molecule is COC(=O)[C@H](C)Cc1cccc([C@@]2(C)CCCC(C)(C)CS(=O)(=O)/C=C\c3c(c(F)c(F)c4[nH]ccc34)Sc3ccnc(c3)-c3nc2nn3C)c1. The molecule has 0 radical (unpaired) electrons. The standard InChI is InChI=1S/C38H41F2N5O4S2/c1-23(35(46)49-6)19-24-9-7-10-25(20-24)38(4)15-8-14-37(2,3)22-51(47,48)18-13-28-27-12-17-42-32(27)30(39)31(40)33(28)50-26-11-16-41-29(21-26)34-43-36(38)44-45(34)5/h7,9-13,16-18,20-21,23,42H,8,14-15,19,22H2,1-6H3/b18-13-/t23-,38-/m1/s1. The first-order chi connectivity index (χ1) is 24.1. The molecule has 5 aromatic rings. The summed E-state index contributed by atoms with van der Waals surface area (Å²) in [6, 6.07) is 13.1. The zero-order valence-electron chi connectivity index (χ0n) is 29.5. The van der Waals surface area contributed by atoms with Gasteiger partial charge in [0.1, 0.15) is 5.69 Å². The molecule has 4 bridgehead atoms. The second-order valence-corrected chi connectivity index (χ2v) is 17.3. The molecular formula is C38H41F2N5O4S2. The van der Waals surface area contributed by atoms with Crippen LogP contribution in [0.25, 0.3) is 28.5 Å². The highest BCUT2D eigenvalue weighted by molar-refractivity contribution is 7.99. The molecule has 0 fully saturated rings. The number of aromatic amines is 1. The Kier molecular flexibility index (Phi) is 9.99. The molecule has 9 nitrogen and oxygen atoms in total. The van der Waals surface area contributed by atoms with Crippen molar-refractivity contribution in [2.45, 2.75) is 68.6 Å². The van der Waals surface area contributed by atoms with Gasteiger partial charge in [-0.15, -0.1) is 0 Å². The summed E-state index contributed by atoms with van der Waals surface area (Å²) in [5, 5.41) is 6.38. The minimum absolute atomic E-state index is 0.0371. The van der Waals surface area contributed by atoms with Crippen LogP contribution in [-0.2, 0) is 38.3 Å². The Bertz CT molecular complexity index is 2260. The van der Waals surface area contributed by atoms with Gasteiger partial charge in [0.2, 0.25) is 0 Å². The summed E-state index contributed by atoms with van der Waals surface area (Å²) in [4.78, 5) is 25.1. The Balaban J connectivity index is 1.49. The number of sulfone groups is 1. The van der Waals surface area contributed by atoms with Crippen LogP contribution in [0.5, 0.6) is 0 Å². The first-order valence-corrected chi connectivity index (χ1v) is 19.3. The van der Waals surface area contributed by atoms with E-state index in [-0.39, 0.29) is 33.6 Å². The Hall–Kier alpha value is -4.36. The molecule has 0 aliphatic carbocycles. The highest BCUT2D eigenvalue weighted by Crippen LogP contribution is 2.42. The Labute approximate surface area is 300 Å². The van der Waals surface area contributed by atoms with Crippen LogP contribution in [0.4, 0.5) is 8.78 Å². The fraction of sp³-hybridized carbons (Fsp3) is 0.368. The summed E-state index contributed by atoms with van der Waals surface area (Å²) in [7, 11) is -0.610. The van der Waals surface area contributed by atoms with E-state index in [0.29, 0.717) is 53.3 Å². The van der Waals surface area contributed by atoms with Crippen molar-refractivity contribution in [3.05, 3.63) is 94.4 Å². The number of hydrogen-bond donors (Lipinski definition) is 1. The van der Waals surface area contributed by atoms with Gasteiger partial charge in [-0.25, -0.2) is 26.9 Å². The summed E-state index contributed by atoms with van der Waals surface area (Å²) in [5.41, 5.74) is 1.31. The third-order valence-corrected chi connectivity index (χ3v) is 12.4. The molecule has 1 aliphatic rings. The highest BCUT2D eigenvalue weighted by atomic mass is 32.2. The molecule has 0 unspecified atom stereocenters. The lowest BCUT2D eigenvalue weighted by Gasteiger charge is -2.30. The normalized spacial score (nSPS) is 20.2. The number of carbonyl (C=O) groups excluding carboxylic acids is 1. The molecule has 2 atom stereocenters. The van der Waals surface area contributed by atoms with Crippen molar-refractivity contribution in [2.24, 2.45) is 18.4 Å². The predicted octanol–water partition coefficient (Wildman–Crippen LogP) is 8.04. The van der Waals surface area contributed by atoms with Crippen molar-refractivity contribution >= 4 is 44.5 Å². The minimum atomic E-state index is -3.78. The second kappa shape index (κ2) is 14.0. The van der Waals surface area contributed by atoms with Crippen LogP contribution in [0.2, 0.25) is 0 Å². The number of methoxy groups -OCH3 is 1. The summed E-state index contributed by atoms with van der Waals surface area (Å²) >= 11 is 0.981. The summed E-state index contributed by atoms with van der Waals surface area (Å²) in [6.45, 7) is 7.75. The topological polar surface area (TPSA) is 120 Å². The van der Waals surface area contributed by atoms with E-state index in [4.69, 9.17) is 14.8 Å². The molecule has 3 aromatic heterocycles. The maximum absolute atomic E-state index is 15.8. The van der Waals surface area contributed by atoms with Gasteiger partial charge in [-0.2, -0.15) is 5.10 Å². The van der Waals surface area contributed by atoms with Gasteiger partial charge in [-0.1, -0.05) is 63.2 Å². The van der Waals surface area contributed by atoms with Gasteiger partial charge < -0.3 is 9.72 Å². The summed E-state index contributed by atoms with van der Waals surface area (Å²) in [5.74, 6) is -1.84. The quantitative estimate of drug-likeness (QED) is 0.184. The molecule has 13 heteroatoms. The van der Waals surface area contributed by atoms with Gasteiger partial charge in [0.25, 0.3) is 0 Å². The molecule has 0 saturated heterocycles. The molecule has 0 saturated carbocycles. The molecule has 1 aliphatic heterocycles. The molecule has 1 N–H and O–H groups in total. The number of hydrogen-bond acceptors (Lipinski definition) is 8. The number of nitrogens with one attached hydrogen (secondary N) is 1. The molecule has 4 heterocycles. The number of fused-ring (bicyclic) bond motifs is 8. The monoisotopic (exact) mass is 733 g/mol. The molecule has 51 heavy (non-hydrogen) atoms. The highest BCUT2D eigenvalue weighted by Gasteiger charge is 2.36. The van der Waals surface area contributed by atoms with Crippen molar-refractivity contribution in [2.75, 3.05) is 12.9 Å². The van der Waals surface area contributed by atoms with E-state index in [2.05, 4.69) is 23.0 Å². The van der Waals surface area contributed by atoms with Gasteiger partial charge in [0.05, 0.1) is 34.6 Å². The number of ether oxygens (including phenoxy) is 1. The van der Waals surface area contributed by atoms with Crippen molar-refractivity contribution < 1.29 is 26.7 Å². The number of aryl methyl sites for hydroxylation is 1. The fourth-order valence-corrected chi connectivity index (χ4v) is 9.54. The lowest BCUT2D eigenvalue weighted by atomic mass is 9.75. The average Bonchev–Trinajstić information content (AvgIpc) is 3.73. The van der Waals surface area contributed by atoms with E-state index in [1.807, 2.05) is 39.0 Å². The molecule has 0 amide bonds. The van der Waals surface area contributed by atoms with Crippen LogP contribution in [0.1, 0.15) is 69.5 Å². The van der Waals surface area contributed by atoms with Crippen LogP contribution in [-0.4, -0.2) is 52.0 Å². The van der Waals surface area contributed by atoms with Crippen LogP contribution >= 0.6 is 11.8 Å². The lowest BCUT2D eigenvalue weighted by molar-refractivity contribution is -0.144. The molecule has 2 aromatic carbocycles. The molecule has 268 valence electrons. The number of esters is 1. The van der Waals surface area contributed by atoms with Crippen molar-refractivity contribution in [3.8, 4) is 11.5 Å². The number of aromatic nitrogens is 5. The Morgan fingerprint density at radius 3 is 2.67 bits per heavy atom. The van der Waals surface area contributed by atoms with Crippen LogP contribution < -0.4 is 0 Å². The van der Waals surface area contributed by atoms with Gasteiger partial charge in [-0.3, -0.25) is 9.78 Å². The van der Waals surface area contributed by atoms with Crippen molar-refractivity contribution in [3.63, 3.8) is 0 Å². The number of pyridine rings is 1. The van der Waals surface area contributed by atoms with Gasteiger partial charge >= 0.3 is 5.97 Å². The van der Waals surface area contributed by atoms with Crippen molar-refractivity contribution in [1.29, 1.82) is 0 Å². The molecular weight excluding hydrogens is 693 g/mol. The van der Waals surface area contributed by atoms with Crippen LogP contribution in [0, 0.1) is 23.0 Å². The zero-order chi connectivity index (χ0) is 36.7. The smallest absolute Gasteiger partial charge is 0.308 e. The first kappa shape index (κ1) is 36.4. The van der Waals surface area contributed by atoms with Crippen molar-refractivity contribution in [1.82, 2.24) is 24.7 Å². The number of carbonyl (C=O) groups is 1. The van der Waals surface area contributed by atoms with Crippen LogP contribution in [0.15, 0.2) is 70.1 Å². The van der Waals surface area contributed by atoms with Crippen LogP contribution in [0.3, 0.4) is 0 Å². The third-order valence-electron chi connectivity index (χ3n) is 9.60. The van der Waals surface area contributed by atoms with E-state index in [1.165, 1.54) is 19.4 Å². The summed E-state index contributed by atoms with van der Waals surface area (Å²) < 4.78 is 64.9. The predicted molar refractivity (Wildman–Crippen MR) is 195 cm³/mol. The third kappa shape index (κ3) is 7.50. The average molecular weight is 734 g/mol. The minimum Gasteiger partial charge on any atom is -0.469 e. The number of H-pyrrole nitrogens is 1. The molecule has 6 rings (SSSR count). The second-order valence-electron chi connectivity index (χ2n) is 14.3. The maximum atomic E-state index is 15.8. The molecule has 0 spiro atoms. The largest absolute Gasteiger partial charge is 0.469 e. The number of nitrogens with zero attached hydrogens (tertiary/aromatic N) is 4. The van der Waals surface area contributed by atoms with E-state index >= 15 is 8.78 Å². The van der Waals surface area contributed by atoms with Gasteiger partial charge in [0.15, 0.2) is 33.1 Å². The number of rotatable bonds is 4. The number of halogens is 2. The summed E-state index contributed by atoms with van der Waals surface area (Å²) in [6.07, 6.45) is 6.77. The Morgan fingerprint density at radius 2 is 1.90 bits per heavy atom. The van der Waals surface area contributed by atoms with E-state index in [0.717, 1.165) is 28.3 Å². The van der Waals surface area contributed by atoms with E-state index < -0.39 is 32.3 Å². The zero-order valence-corrected chi connectivity index (χ0v) is 31.1. The van der Waals surface area contributed by atoms with Gasteiger partial charge in [-0.05, 0) is 67.0 Å². The first-order valence-electron chi connectivity index (χ1n) is 16.7. The lowest BCUT2D eigenvalue weighted by Crippen LogP contribution is -2.28. The van der Waals surface area contributed by atoms with Gasteiger partial charge in [0, 0.05) is 40.7 Å². The van der Waals surface area contributed by atoms with E-state index in [9.17, 15) is 13.2 Å². The fourth-order valence-electron chi connectivity index (χ4n) is 6.87.